The molecule has 0 unspecified atom stereocenters. The summed E-state index contributed by atoms with van der Waals surface area (Å²) in [5.41, 5.74) is 3.10. The van der Waals surface area contributed by atoms with E-state index in [0.29, 0.717) is 47.5 Å². The molecule has 6 N–H and O–H groups in total. The average molecular weight is 656 g/mol. The van der Waals surface area contributed by atoms with Gasteiger partial charge < -0.3 is 29.6 Å². The lowest BCUT2D eigenvalue weighted by Gasteiger charge is -2.20. The van der Waals surface area contributed by atoms with Gasteiger partial charge in [0.2, 0.25) is 6.79 Å². The first kappa shape index (κ1) is 33.9. The van der Waals surface area contributed by atoms with Crippen LogP contribution in [-0.4, -0.2) is 68.8 Å². The predicted octanol–water partition coefficient (Wildman–Crippen LogP) is 3.77. The Morgan fingerprint density at radius 3 is 2.39 bits per heavy atom. The molecule has 16 heteroatoms. The van der Waals surface area contributed by atoms with E-state index in [-0.39, 0.29) is 35.5 Å². The average Bonchev–Trinajstić information content (AvgIpc) is 3.74. The number of hydrogen-bond donors (Lipinski definition) is 6. The Kier molecular flexibility index (Phi) is 10.6. The molecule has 1 aliphatic rings. The van der Waals surface area contributed by atoms with Crippen LogP contribution in [-0.2, 0) is 25.3 Å². The topological polar surface area (TPSA) is 220 Å². The lowest BCUT2D eigenvalue weighted by Crippen LogP contribution is -2.39. The maximum Gasteiger partial charge on any atom is 0.524 e. The molecular weight excluding hydrogens is 621 g/mol. The molecule has 1 aromatic heterocycles. The Bertz CT molecular complexity index is 1690. The van der Waals surface area contributed by atoms with Crippen molar-refractivity contribution < 1.29 is 47.5 Å². The van der Waals surface area contributed by atoms with Gasteiger partial charge in [-0.3, -0.25) is 29.6 Å². The van der Waals surface area contributed by atoms with Gasteiger partial charge in [0.05, 0.1) is 17.7 Å². The standard InChI is InChI=1S/C30H34N5O10P/c1-4-32-28(37)20-8-5-17(2)24(14-20)34-27(31)26-18(3)23(15-33-26)29(38)35(21-9-10-21)30(39)44-16-43-25(36)13-19-6-11-22(12-7-19)45-46(40,41)42/h5-8,11-12,14-15,21,33H,4,9-10,13,16H2,1-3H3,(H2,31,34)(H,32,37)(H2,40,41,42). The fraction of sp³-hybridized carbons (Fsp3) is 0.300. The van der Waals surface area contributed by atoms with Gasteiger partial charge in [0.1, 0.15) is 11.6 Å². The third-order valence-electron chi connectivity index (χ3n) is 6.94. The predicted molar refractivity (Wildman–Crippen MR) is 165 cm³/mol. The molecule has 1 heterocycles. The Balaban J connectivity index is 1.35. The molecule has 244 valence electrons. The van der Waals surface area contributed by atoms with Crippen molar-refractivity contribution in [3.63, 3.8) is 0 Å². The van der Waals surface area contributed by atoms with Crippen molar-refractivity contribution in [1.29, 1.82) is 5.41 Å². The van der Waals surface area contributed by atoms with E-state index >= 15 is 0 Å². The molecule has 0 bridgehead atoms. The Morgan fingerprint density at radius 1 is 1.07 bits per heavy atom. The highest BCUT2D eigenvalue weighted by Gasteiger charge is 2.40. The highest BCUT2D eigenvalue weighted by Crippen LogP contribution is 2.37. The van der Waals surface area contributed by atoms with Crippen molar-refractivity contribution in [3.05, 3.63) is 82.2 Å². The number of phosphoric ester groups is 1. The zero-order valence-electron chi connectivity index (χ0n) is 25.3. The molecule has 0 aliphatic heterocycles. The highest BCUT2D eigenvalue weighted by molar-refractivity contribution is 7.46. The first-order chi connectivity index (χ1) is 21.8. The maximum absolute atomic E-state index is 13.5. The summed E-state index contributed by atoms with van der Waals surface area (Å²) in [6.07, 6.45) is 1.35. The van der Waals surface area contributed by atoms with E-state index in [1.807, 2.05) is 13.8 Å². The van der Waals surface area contributed by atoms with Crippen molar-refractivity contribution in [2.45, 2.75) is 46.1 Å². The number of esters is 1. The van der Waals surface area contributed by atoms with Gasteiger partial charge in [-0.2, -0.15) is 0 Å². The molecule has 1 aliphatic carbocycles. The molecule has 2 aromatic carbocycles. The van der Waals surface area contributed by atoms with Crippen LogP contribution in [0.25, 0.3) is 0 Å². The largest absolute Gasteiger partial charge is 0.524 e. The van der Waals surface area contributed by atoms with E-state index in [2.05, 4.69) is 20.1 Å². The number of aryl methyl sites for hydroxylation is 1. The second-order valence-corrected chi connectivity index (χ2v) is 11.6. The molecule has 3 aromatic rings. The number of aromatic nitrogens is 1. The molecule has 0 radical (unpaired) electrons. The summed E-state index contributed by atoms with van der Waals surface area (Å²) in [5.74, 6) is -1.76. The summed E-state index contributed by atoms with van der Waals surface area (Å²) in [7, 11) is -4.71. The lowest BCUT2D eigenvalue weighted by atomic mass is 10.1. The summed E-state index contributed by atoms with van der Waals surface area (Å²) in [5, 5.41) is 14.3. The fourth-order valence-corrected chi connectivity index (χ4v) is 4.83. The Hall–Kier alpha value is -4.98. The van der Waals surface area contributed by atoms with E-state index in [9.17, 15) is 23.7 Å². The van der Waals surface area contributed by atoms with E-state index in [4.69, 9.17) is 24.7 Å². The number of aromatic amines is 1. The number of carbonyl (C=O) groups is 4. The number of rotatable bonds is 12. The van der Waals surface area contributed by atoms with Crippen LogP contribution in [0, 0.1) is 19.3 Å². The van der Waals surface area contributed by atoms with Gasteiger partial charge in [0.25, 0.3) is 11.8 Å². The number of anilines is 1. The molecule has 4 rings (SSSR count). The number of nitrogens with zero attached hydrogens (tertiary/aromatic N) is 1. The summed E-state index contributed by atoms with van der Waals surface area (Å²) in [6, 6.07) is 10.1. The van der Waals surface area contributed by atoms with Crippen LogP contribution < -0.4 is 15.2 Å². The van der Waals surface area contributed by atoms with E-state index in [0.717, 1.165) is 10.5 Å². The smallest absolute Gasteiger partial charge is 0.428 e. The minimum atomic E-state index is -4.71. The van der Waals surface area contributed by atoms with E-state index in [1.165, 1.54) is 30.5 Å². The number of H-pyrrole nitrogens is 1. The number of carbonyl (C=O) groups excluding carboxylic acids is 4. The van der Waals surface area contributed by atoms with E-state index < -0.39 is 32.6 Å². The molecule has 0 atom stereocenters. The number of hydrogen-bond acceptors (Lipinski definition) is 9. The molecular formula is C30H34N5O10P. The number of amidine groups is 1. The van der Waals surface area contributed by atoms with Crippen molar-refractivity contribution in [3.8, 4) is 5.75 Å². The molecule has 0 saturated heterocycles. The van der Waals surface area contributed by atoms with Crippen LogP contribution in [0.5, 0.6) is 5.75 Å². The first-order valence-corrected chi connectivity index (χ1v) is 15.7. The maximum atomic E-state index is 13.5. The highest BCUT2D eigenvalue weighted by atomic mass is 31.2. The van der Waals surface area contributed by atoms with Crippen LogP contribution in [0.15, 0.2) is 48.7 Å². The number of imide groups is 1. The van der Waals surface area contributed by atoms with Crippen LogP contribution >= 0.6 is 7.82 Å². The van der Waals surface area contributed by atoms with Gasteiger partial charge in [-0.15, -0.1) is 0 Å². The number of amides is 3. The van der Waals surface area contributed by atoms with Crippen molar-refractivity contribution in [2.75, 3.05) is 18.7 Å². The lowest BCUT2D eigenvalue weighted by molar-refractivity contribution is -0.151. The van der Waals surface area contributed by atoms with Crippen molar-refractivity contribution >= 4 is 43.2 Å². The molecule has 15 nitrogen and oxygen atoms in total. The zero-order chi connectivity index (χ0) is 33.6. The zero-order valence-corrected chi connectivity index (χ0v) is 26.2. The second kappa shape index (κ2) is 14.4. The van der Waals surface area contributed by atoms with Crippen molar-refractivity contribution in [2.24, 2.45) is 0 Å². The monoisotopic (exact) mass is 655 g/mol. The van der Waals surface area contributed by atoms with Crippen molar-refractivity contribution in [1.82, 2.24) is 15.2 Å². The van der Waals surface area contributed by atoms with Gasteiger partial charge >= 0.3 is 19.9 Å². The van der Waals surface area contributed by atoms with Gasteiger partial charge in [0, 0.05) is 30.0 Å². The minimum absolute atomic E-state index is 0.0517. The number of benzene rings is 2. The van der Waals surface area contributed by atoms with Crippen LogP contribution in [0.1, 0.15) is 62.9 Å². The minimum Gasteiger partial charge on any atom is -0.428 e. The number of ether oxygens (including phenoxy) is 2. The summed E-state index contributed by atoms with van der Waals surface area (Å²) < 4.78 is 25.4. The number of nitrogens with one attached hydrogen (secondary N) is 4. The molecule has 3 amide bonds. The Labute approximate surface area is 264 Å². The summed E-state index contributed by atoms with van der Waals surface area (Å²) in [6.45, 7) is 5.01. The van der Waals surface area contributed by atoms with Gasteiger partial charge in [-0.25, -0.2) is 14.3 Å². The second-order valence-electron chi connectivity index (χ2n) is 10.4. The quantitative estimate of drug-likeness (QED) is 0.0542. The molecule has 46 heavy (non-hydrogen) atoms. The number of phosphoric acid groups is 1. The van der Waals surface area contributed by atoms with E-state index in [1.54, 1.807) is 25.1 Å². The summed E-state index contributed by atoms with van der Waals surface area (Å²) in [4.78, 5) is 72.5. The van der Waals surface area contributed by atoms with Gasteiger partial charge in [-0.1, -0.05) is 18.2 Å². The van der Waals surface area contributed by atoms with Crippen LogP contribution in [0.3, 0.4) is 0 Å². The summed E-state index contributed by atoms with van der Waals surface area (Å²) >= 11 is 0. The molecule has 1 saturated carbocycles. The SMILES string of the molecule is CCNC(=O)c1ccc(C)c(NC(=N)c2[nH]cc(C(=O)N(C(=O)OCOC(=O)Cc3ccc(OP(=O)(O)O)cc3)C3CC3)c2C)c1. The van der Waals surface area contributed by atoms with Gasteiger partial charge in [0.15, 0.2) is 0 Å². The van der Waals surface area contributed by atoms with Crippen LogP contribution in [0.2, 0.25) is 0 Å². The first-order valence-electron chi connectivity index (χ1n) is 14.2. The third-order valence-corrected chi connectivity index (χ3v) is 7.39. The Morgan fingerprint density at radius 2 is 1.76 bits per heavy atom. The van der Waals surface area contributed by atoms with Crippen LogP contribution in [0.4, 0.5) is 10.5 Å². The third kappa shape index (κ3) is 8.81. The van der Waals surface area contributed by atoms with Gasteiger partial charge in [-0.05, 0) is 74.6 Å². The normalized spacial score (nSPS) is 12.5. The fourth-order valence-electron chi connectivity index (χ4n) is 4.43. The molecule has 1 fully saturated rings. The molecule has 0 spiro atoms.